The molecule has 238 valence electrons. The summed E-state index contributed by atoms with van der Waals surface area (Å²) in [6.07, 6.45) is 0.278. The van der Waals surface area contributed by atoms with Gasteiger partial charge in [-0.2, -0.15) is 0 Å². The number of nitrogens with one attached hydrogen (secondary N) is 1. The van der Waals surface area contributed by atoms with E-state index in [0.29, 0.717) is 42.0 Å². The third kappa shape index (κ3) is 9.72. The molecule has 1 aliphatic rings. The van der Waals surface area contributed by atoms with Crippen molar-refractivity contribution < 1.29 is 28.9 Å². The highest BCUT2D eigenvalue weighted by Gasteiger charge is 2.53. The minimum atomic E-state index is -1.52. The van der Waals surface area contributed by atoms with Crippen LogP contribution in [0.15, 0.2) is 58.6 Å². The van der Waals surface area contributed by atoms with Gasteiger partial charge in [0, 0.05) is 36.5 Å². The second-order valence-corrected chi connectivity index (χ2v) is 13.0. The van der Waals surface area contributed by atoms with E-state index in [-0.39, 0.29) is 43.2 Å². The average Bonchev–Trinajstić information content (AvgIpc) is 3.35. The molecule has 1 amide bonds. The van der Waals surface area contributed by atoms with Crippen molar-refractivity contribution in [1.29, 1.82) is 0 Å². The second-order valence-electron chi connectivity index (χ2n) is 13.0. The fourth-order valence-electron chi connectivity index (χ4n) is 4.78. The number of rotatable bonds is 14. The third-order valence-corrected chi connectivity index (χ3v) is 6.96. The number of aliphatic hydroxyl groups is 1. The largest absolute Gasteiger partial charge is 0.494 e. The van der Waals surface area contributed by atoms with Crippen LogP contribution in [-0.4, -0.2) is 53.8 Å². The van der Waals surface area contributed by atoms with Crippen LogP contribution in [0.2, 0.25) is 0 Å². The van der Waals surface area contributed by atoms with Crippen molar-refractivity contribution in [2.45, 2.75) is 91.0 Å². The minimum absolute atomic E-state index is 0.0140. The van der Waals surface area contributed by atoms with E-state index >= 15 is 0 Å². The average molecular weight is 608 g/mol. The molecule has 0 aromatic heterocycles. The number of aliphatic hydroxyl groups excluding tert-OH is 1. The predicted octanol–water partition coefficient (Wildman–Crippen LogP) is 6.19. The Balaban J connectivity index is 2.09. The van der Waals surface area contributed by atoms with Gasteiger partial charge in [-0.25, -0.2) is 4.99 Å². The Morgan fingerprint density at radius 3 is 2.45 bits per heavy atom. The molecule has 0 radical (unpaired) electrons. The van der Waals surface area contributed by atoms with E-state index in [2.05, 4.69) is 36.1 Å². The molecule has 2 aromatic carbocycles. The van der Waals surface area contributed by atoms with Crippen LogP contribution >= 0.6 is 0 Å². The minimum Gasteiger partial charge on any atom is -0.494 e. The lowest BCUT2D eigenvalue weighted by Crippen LogP contribution is -2.49. The number of hydrogen-bond acceptors (Lipinski definition) is 8. The van der Waals surface area contributed by atoms with Gasteiger partial charge in [-0.05, 0) is 80.0 Å². The lowest BCUT2D eigenvalue weighted by Gasteiger charge is -2.32. The molecule has 44 heavy (non-hydrogen) atoms. The van der Waals surface area contributed by atoms with E-state index in [4.69, 9.17) is 29.8 Å². The van der Waals surface area contributed by atoms with Crippen LogP contribution in [0.4, 0.5) is 0 Å². The van der Waals surface area contributed by atoms with Crippen LogP contribution in [0.3, 0.4) is 0 Å². The highest BCUT2D eigenvalue weighted by Crippen LogP contribution is 2.44. The molecule has 11 heteroatoms. The third-order valence-electron chi connectivity index (χ3n) is 6.96. The normalized spacial score (nSPS) is 18.1. The summed E-state index contributed by atoms with van der Waals surface area (Å²) in [5, 5.41) is 15.9. The summed E-state index contributed by atoms with van der Waals surface area (Å²) in [5.41, 5.74) is 8.74. The van der Waals surface area contributed by atoms with E-state index in [9.17, 15) is 9.59 Å². The smallest absolute Gasteiger partial charge is 0.306 e. The molecule has 11 nitrogen and oxygen atoms in total. The standard InChI is InChI=1S/C33H45N5O6/c1-31(2,3)18-19-35-30(41)33(17-16-27(40)44-32(4,5)6)28(26-11-8-7-10-24(26)22-36-38-34)43-29(37-33)23-12-14-25(15-13-23)42-21-9-20-39/h7-8,10-15,28,39H,9,16-22H2,1-6H3,(H,35,41)/t28-,33-/m1/s1. The second kappa shape index (κ2) is 15.1. The molecule has 2 aromatic rings. The van der Waals surface area contributed by atoms with E-state index in [1.807, 2.05) is 24.3 Å². The van der Waals surface area contributed by atoms with Crippen molar-refractivity contribution in [3.05, 3.63) is 75.7 Å². The van der Waals surface area contributed by atoms with Gasteiger partial charge < -0.3 is 24.6 Å². The first kappa shape index (κ1) is 34.4. The van der Waals surface area contributed by atoms with Crippen LogP contribution in [0.1, 0.15) is 90.0 Å². The fraction of sp³-hybridized carbons (Fsp3) is 0.545. The van der Waals surface area contributed by atoms with Crippen molar-refractivity contribution >= 4 is 17.8 Å². The van der Waals surface area contributed by atoms with Crippen LogP contribution in [0.5, 0.6) is 5.75 Å². The Morgan fingerprint density at radius 2 is 1.82 bits per heavy atom. The quantitative estimate of drug-likeness (QED) is 0.0858. The van der Waals surface area contributed by atoms with E-state index in [0.717, 1.165) is 6.42 Å². The van der Waals surface area contributed by atoms with E-state index < -0.39 is 23.2 Å². The molecule has 0 unspecified atom stereocenters. The van der Waals surface area contributed by atoms with Crippen molar-refractivity contribution in [2.75, 3.05) is 19.8 Å². The number of carbonyl (C=O) groups excluding carboxylic acids is 2. The van der Waals surface area contributed by atoms with Crippen molar-refractivity contribution in [2.24, 2.45) is 15.5 Å². The van der Waals surface area contributed by atoms with Crippen molar-refractivity contribution in [1.82, 2.24) is 5.32 Å². The molecule has 2 N–H and O–H groups in total. The first-order chi connectivity index (χ1) is 20.8. The monoisotopic (exact) mass is 607 g/mol. The maximum Gasteiger partial charge on any atom is 0.306 e. The van der Waals surface area contributed by atoms with Gasteiger partial charge in [0.2, 0.25) is 5.90 Å². The topological polar surface area (TPSA) is 155 Å². The van der Waals surface area contributed by atoms with Gasteiger partial charge in [0.05, 0.1) is 13.2 Å². The van der Waals surface area contributed by atoms with Gasteiger partial charge >= 0.3 is 5.97 Å². The molecule has 0 fully saturated rings. The van der Waals surface area contributed by atoms with Crippen LogP contribution in [0.25, 0.3) is 10.4 Å². The SMILES string of the molecule is CC(C)(C)CCNC(=O)[C@]1(CCC(=O)OC(C)(C)C)N=C(c2ccc(OCCCO)cc2)O[C@@H]1c1ccccc1CN=[N+]=[N-]. The molecule has 3 rings (SSSR count). The number of azide groups is 1. The molecule has 0 spiro atoms. The molecule has 1 aliphatic heterocycles. The predicted molar refractivity (Wildman–Crippen MR) is 168 cm³/mol. The zero-order valence-electron chi connectivity index (χ0n) is 26.6. The Kier molecular flexibility index (Phi) is 11.8. The zero-order chi connectivity index (χ0) is 32.4. The first-order valence-electron chi connectivity index (χ1n) is 15.0. The molecule has 0 aliphatic carbocycles. The number of nitrogens with zero attached hydrogens (tertiary/aromatic N) is 4. The lowest BCUT2D eigenvalue weighted by atomic mass is 9.81. The number of benzene rings is 2. The fourth-order valence-corrected chi connectivity index (χ4v) is 4.78. The highest BCUT2D eigenvalue weighted by atomic mass is 16.6. The van der Waals surface area contributed by atoms with Gasteiger partial charge in [0.1, 0.15) is 11.4 Å². The summed E-state index contributed by atoms with van der Waals surface area (Å²) in [6.45, 7) is 12.5. The van der Waals surface area contributed by atoms with Crippen LogP contribution in [0, 0.1) is 5.41 Å². The molecule has 0 bridgehead atoms. The zero-order valence-corrected chi connectivity index (χ0v) is 26.6. The number of ether oxygens (including phenoxy) is 3. The Hall–Kier alpha value is -4.08. The Bertz CT molecular complexity index is 1360. The maximum atomic E-state index is 14.3. The summed E-state index contributed by atoms with van der Waals surface area (Å²) < 4.78 is 17.8. The highest BCUT2D eigenvalue weighted by molar-refractivity contribution is 6.01. The number of amides is 1. The van der Waals surface area contributed by atoms with Gasteiger partial charge in [0.15, 0.2) is 11.6 Å². The Labute approximate surface area is 259 Å². The van der Waals surface area contributed by atoms with E-state index in [1.165, 1.54) is 0 Å². The Morgan fingerprint density at radius 1 is 1.11 bits per heavy atom. The number of aliphatic imine (C=N–C) groups is 1. The molecule has 0 saturated carbocycles. The number of esters is 1. The van der Waals surface area contributed by atoms with Crippen LogP contribution < -0.4 is 10.1 Å². The maximum absolute atomic E-state index is 14.3. The van der Waals surface area contributed by atoms with Crippen molar-refractivity contribution in [3.63, 3.8) is 0 Å². The summed E-state index contributed by atoms with van der Waals surface area (Å²) in [4.78, 5) is 35.1. The number of carbonyl (C=O) groups is 2. The molecular formula is C33H45N5O6. The molecule has 2 atom stereocenters. The van der Waals surface area contributed by atoms with Gasteiger partial charge in [-0.3, -0.25) is 9.59 Å². The summed E-state index contributed by atoms with van der Waals surface area (Å²) in [6, 6.07) is 14.4. The summed E-state index contributed by atoms with van der Waals surface area (Å²) in [7, 11) is 0. The molecule has 0 saturated heterocycles. The molecular weight excluding hydrogens is 562 g/mol. The van der Waals surface area contributed by atoms with Crippen LogP contribution in [-0.2, 0) is 25.6 Å². The molecule has 1 heterocycles. The van der Waals surface area contributed by atoms with Gasteiger partial charge in [-0.1, -0.05) is 50.2 Å². The summed E-state index contributed by atoms with van der Waals surface area (Å²) in [5.74, 6) is 0.0418. The summed E-state index contributed by atoms with van der Waals surface area (Å²) >= 11 is 0. The van der Waals surface area contributed by atoms with E-state index in [1.54, 1.807) is 45.0 Å². The lowest BCUT2D eigenvalue weighted by molar-refractivity contribution is -0.155. The van der Waals surface area contributed by atoms with Gasteiger partial charge in [-0.15, -0.1) is 0 Å². The number of hydrogen-bond donors (Lipinski definition) is 2. The van der Waals surface area contributed by atoms with Crippen molar-refractivity contribution in [3.8, 4) is 5.75 Å². The van der Waals surface area contributed by atoms with Gasteiger partial charge in [0.25, 0.3) is 5.91 Å². The first-order valence-corrected chi connectivity index (χ1v) is 15.0.